The van der Waals surface area contributed by atoms with E-state index in [2.05, 4.69) is 18.9 Å². The van der Waals surface area contributed by atoms with Gasteiger partial charge in [0.2, 0.25) is 0 Å². The van der Waals surface area contributed by atoms with Gasteiger partial charge < -0.3 is 28.3 Å². The highest BCUT2D eigenvalue weighted by Crippen LogP contribution is 2.59. The zero-order chi connectivity index (χ0) is 45.7. The van der Waals surface area contributed by atoms with E-state index in [1.54, 1.807) is 21.0 Å². The van der Waals surface area contributed by atoms with Crippen molar-refractivity contribution < 1.29 is 46.2 Å². The number of nitrogens with zero attached hydrogens (tertiary/aromatic N) is 4. The summed E-state index contributed by atoms with van der Waals surface area (Å²) in [6, 6.07) is 38.0. The molecule has 12 nitrogen and oxygen atoms in total. The van der Waals surface area contributed by atoms with Crippen molar-refractivity contribution in [2.75, 3.05) is 27.1 Å². The molecule has 2 heterocycles. The van der Waals surface area contributed by atoms with Crippen LogP contribution in [0.3, 0.4) is 0 Å². The Labute approximate surface area is 371 Å². The predicted molar refractivity (Wildman–Crippen MR) is 244 cm³/mol. The van der Waals surface area contributed by atoms with Gasteiger partial charge in [0.05, 0.1) is 40.8 Å². The first-order valence-corrected chi connectivity index (χ1v) is 24.2. The molecule has 5 aromatic carbocycles. The molecule has 0 aliphatic heterocycles. The van der Waals surface area contributed by atoms with E-state index in [1.165, 1.54) is 12.1 Å². The SMILES string of the molecule is CCOP(=O)(OCC)c1cc(-c2ccc(CC(Cc3ccc(C(F)(F)P(=O)(O)O)cc3)(c3ccccc3)n3nnc4ccccc43)cc2)cc2ccc(C(CC(C)C)OCOC)nc12. The second kappa shape index (κ2) is 19.6. The molecule has 0 aliphatic carbocycles. The van der Waals surface area contributed by atoms with Gasteiger partial charge in [0.15, 0.2) is 0 Å². The summed E-state index contributed by atoms with van der Waals surface area (Å²) >= 11 is 0. The molecule has 0 bridgehead atoms. The van der Waals surface area contributed by atoms with E-state index >= 15 is 0 Å². The van der Waals surface area contributed by atoms with Crippen LogP contribution in [0.5, 0.6) is 0 Å². The maximum Gasteiger partial charge on any atom is 0.399 e. The first-order chi connectivity index (χ1) is 30.6. The van der Waals surface area contributed by atoms with Gasteiger partial charge in [-0.15, -0.1) is 5.10 Å². The van der Waals surface area contributed by atoms with Gasteiger partial charge in [0, 0.05) is 30.9 Å². The Balaban J connectivity index is 1.33. The fraction of sp³-hybridized carbons (Fsp3) is 0.312. The number of halogens is 2. The molecule has 0 saturated carbocycles. The summed E-state index contributed by atoms with van der Waals surface area (Å²) in [5.74, 6) is 0.306. The summed E-state index contributed by atoms with van der Waals surface area (Å²) in [7, 11) is -8.06. The van der Waals surface area contributed by atoms with Crippen LogP contribution in [0.4, 0.5) is 8.78 Å². The number of fused-ring (bicyclic) bond motifs is 2. The van der Waals surface area contributed by atoms with E-state index in [9.17, 15) is 27.7 Å². The average Bonchev–Trinajstić information content (AvgIpc) is 3.72. The molecule has 336 valence electrons. The Bertz CT molecular complexity index is 2780. The highest BCUT2D eigenvalue weighted by Gasteiger charge is 2.50. The van der Waals surface area contributed by atoms with E-state index in [1.807, 2.05) is 108 Å². The molecule has 0 radical (unpaired) electrons. The third-order valence-corrected chi connectivity index (χ3v) is 14.2. The lowest BCUT2D eigenvalue weighted by molar-refractivity contribution is -0.0805. The molecule has 2 unspecified atom stereocenters. The number of pyridine rings is 1. The Morgan fingerprint density at radius 1 is 0.750 bits per heavy atom. The number of benzene rings is 5. The van der Waals surface area contributed by atoms with Gasteiger partial charge in [-0.05, 0) is 84.3 Å². The summed E-state index contributed by atoms with van der Waals surface area (Å²) < 4.78 is 80.8. The molecule has 0 spiro atoms. The second-order valence-corrected chi connectivity index (χ2v) is 19.7. The quantitative estimate of drug-likeness (QED) is 0.0554. The third kappa shape index (κ3) is 9.80. The lowest BCUT2D eigenvalue weighted by Gasteiger charge is -2.36. The first-order valence-electron chi connectivity index (χ1n) is 21.1. The smallest absolute Gasteiger partial charge is 0.359 e. The third-order valence-electron chi connectivity index (χ3n) is 11.1. The Kier molecular flexibility index (Phi) is 14.4. The molecular formula is C48H52F2N4O8P2. The number of alkyl halides is 2. The minimum atomic E-state index is -5.77. The molecule has 2 atom stereocenters. The summed E-state index contributed by atoms with van der Waals surface area (Å²) in [6.07, 6.45) is 0.945. The number of rotatable bonds is 20. The van der Waals surface area contributed by atoms with Gasteiger partial charge >= 0.3 is 20.9 Å². The van der Waals surface area contributed by atoms with Crippen LogP contribution in [0.1, 0.15) is 68.2 Å². The number of ether oxygens (including phenoxy) is 2. The van der Waals surface area contributed by atoms with Gasteiger partial charge in [-0.25, -0.2) is 9.67 Å². The topological polar surface area (TPSA) is 155 Å². The zero-order valence-corrected chi connectivity index (χ0v) is 38.1. The van der Waals surface area contributed by atoms with Gasteiger partial charge in [0.1, 0.15) is 18.4 Å². The van der Waals surface area contributed by atoms with Crippen LogP contribution in [0.25, 0.3) is 33.1 Å². The van der Waals surface area contributed by atoms with E-state index in [0.29, 0.717) is 46.4 Å². The fourth-order valence-corrected chi connectivity index (χ4v) is 10.4. The normalized spacial score (nSPS) is 14.0. The molecular weight excluding hydrogens is 860 g/mol. The van der Waals surface area contributed by atoms with Crippen molar-refractivity contribution in [3.8, 4) is 11.1 Å². The maximum absolute atomic E-state index is 14.8. The van der Waals surface area contributed by atoms with Crippen molar-refractivity contribution in [1.29, 1.82) is 0 Å². The summed E-state index contributed by atoms with van der Waals surface area (Å²) in [5, 5.41) is 10.3. The van der Waals surface area contributed by atoms with Crippen LogP contribution < -0.4 is 5.30 Å². The molecule has 0 saturated heterocycles. The van der Waals surface area contributed by atoms with Crippen LogP contribution in [0.2, 0.25) is 0 Å². The monoisotopic (exact) mass is 912 g/mol. The molecule has 0 amide bonds. The van der Waals surface area contributed by atoms with Gasteiger partial charge in [0.25, 0.3) is 0 Å². The standard InChI is InChI=1S/C48H52F2N4O8P2/c1-6-61-63(55,62-7-2)45-29-38(28-37-23-26-42(51-46(37)45)44(27-33(3)4)60-32-59-5)36-21-17-34(18-22-36)30-47(39-13-9-8-10-14-39,54-43-16-12-11-15-41(43)52-53-54)31-35-19-24-40(25-20-35)48(49,50)64(56,57)58/h8-26,28-29,33,44H,6-7,27,30-32H2,1-5H3,(H2,56,57,58). The highest BCUT2D eigenvalue weighted by molar-refractivity contribution is 7.62. The molecule has 7 rings (SSSR count). The molecule has 0 fully saturated rings. The van der Waals surface area contributed by atoms with E-state index in [-0.39, 0.29) is 32.5 Å². The number of hydrogen-bond acceptors (Lipinski definition) is 9. The molecule has 2 aromatic heterocycles. The van der Waals surface area contributed by atoms with Crippen molar-refractivity contribution in [1.82, 2.24) is 20.0 Å². The zero-order valence-electron chi connectivity index (χ0n) is 36.3. The van der Waals surface area contributed by atoms with E-state index < -0.39 is 32.0 Å². The van der Waals surface area contributed by atoms with Crippen molar-refractivity contribution in [3.05, 3.63) is 155 Å². The minimum Gasteiger partial charge on any atom is -0.359 e. The Morgan fingerprint density at radius 2 is 1.38 bits per heavy atom. The number of para-hydroxylation sites is 1. The molecule has 7 aromatic rings. The van der Waals surface area contributed by atoms with Crippen molar-refractivity contribution in [2.24, 2.45) is 5.92 Å². The van der Waals surface area contributed by atoms with Crippen molar-refractivity contribution in [2.45, 2.75) is 64.3 Å². The lowest BCUT2D eigenvalue weighted by Crippen LogP contribution is -2.40. The van der Waals surface area contributed by atoms with Gasteiger partial charge in [-0.1, -0.05) is 116 Å². The fourth-order valence-electron chi connectivity index (χ4n) is 8.11. The molecule has 2 N–H and O–H groups in total. The summed E-state index contributed by atoms with van der Waals surface area (Å²) in [5.41, 5.74) is 0.466. The summed E-state index contributed by atoms with van der Waals surface area (Å²) in [4.78, 5) is 23.9. The summed E-state index contributed by atoms with van der Waals surface area (Å²) in [6.45, 7) is 8.14. The Hall–Kier alpha value is -5.01. The van der Waals surface area contributed by atoms with E-state index in [4.69, 9.17) is 28.7 Å². The number of aromatic nitrogens is 4. The largest absolute Gasteiger partial charge is 0.399 e. The van der Waals surface area contributed by atoms with Crippen molar-refractivity contribution in [3.63, 3.8) is 0 Å². The predicted octanol–water partition coefficient (Wildman–Crippen LogP) is 10.7. The number of hydrogen-bond donors (Lipinski definition) is 2. The highest BCUT2D eigenvalue weighted by atomic mass is 31.2. The van der Waals surface area contributed by atoms with Crippen LogP contribution in [0.15, 0.2) is 127 Å². The van der Waals surface area contributed by atoms with Gasteiger partial charge in [-0.3, -0.25) is 9.13 Å². The van der Waals surface area contributed by atoms with Crippen LogP contribution in [0, 0.1) is 5.92 Å². The maximum atomic E-state index is 14.8. The lowest BCUT2D eigenvalue weighted by atomic mass is 9.78. The molecule has 16 heteroatoms. The Morgan fingerprint density at radius 3 is 1.98 bits per heavy atom. The molecule has 0 aliphatic rings. The van der Waals surface area contributed by atoms with E-state index in [0.717, 1.165) is 45.3 Å². The second-order valence-electron chi connectivity index (χ2n) is 16.0. The minimum absolute atomic E-state index is 0.0909. The van der Waals surface area contributed by atoms with Crippen LogP contribution >= 0.6 is 15.2 Å². The van der Waals surface area contributed by atoms with Crippen LogP contribution in [-0.4, -0.2) is 56.9 Å². The van der Waals surface area contributed by atoms with Crippen LogP contribution in [-0.2, 0) is 51.7 Å². The molecule has 64 heavy (non-hydrogen) atoms. The number of methoxy groups -OCH3 is 1. The van der Waals surface area contributed by atoms with Gasteiger partial charge in [-0.2, -0.15) is 8.78 Å². The average molecular weight is 913 g/mol. The van der Waals surface area contributed by atoms with Crippen molar-refractivity contribution >= 4 is 42.4 Å². The first kappa shape index (κ1) is 47.0.